The summed E-state index contributed by atoms with van der Waals surface area (Å²) in [5, 5.41) is 4.50. The first kappa shape index (κ1) is 22.7. The fraction of sp³-hybridized carbons (Fsp3) is 0.130. The van der Waals surface area contributed by atoms with Crippen LogP contribution in [0.15, 0.2) is 76.3 Å². The molecule has 8 heteroatoms. The Morgan fingerprint density at radius 1 is 1.10 bits per heavy atom. The number of nitrogens with zero attached hydrogens (tertiary/aromatic N) is 1. The number of amides is 1. The maximum absolute atomic E-state index is 11.9. The summed E-state index contributed by atoms with van der Waals surface area (Å²) in [7, 11) is 1.56. The van der Waals surface area contributed by atoms with Gasteiger partial charge in [0.2, 0.25) is 0 Å². The van der Waals surface area contributed by atoms with E-state index in [-0.39, 0.29) is 6.61 Å². The molecule has 0 aliphatic carbocycles. The Bertz CT molecular complexity index is 1060. The lowest BCUT2D eigenvalue weighted by atomic mass is 10.2. The number of ether oxygens (including phenoxy) is 3. The summed E-state index contributed by atoms with van der Waals surface area (Å²) < 4.78 is 17.4. The van der Waals surface area contributed by atoms with Crippen molar-refractivity contribution in [2.45, 2.75) is 6.61 Å². The van der Waals surface area contributed by atoms with Crippen molar-refractivity contribution in [1.82, 2.24) is 5.43 Å². The number of methoxy groups -OCH3 is 1. The number of hydrogen-bond donors (Lipinski definition) is 1. The summed E-state index contributed by atoms with van der Waals surface area (Å²) in [5.41, 5.74) is 4.18. The van der Waals surface area contributed by atoms with Gasteiger partial charge in [-0.1, -0.05) is 48.0 Å². The van der Waals surface area contributed by atoms with Crippen LogP contribution in [0.3, 0.4) is 0 Å². The highest BCUT2D eigenvalue weighted by atomic mass is 79.9. The standard InChI is InChI=1S/C23H20BrClN2O4/c1-29-21-11-17(10-20(24)23(21)31-14-16-6-3-2-4-7-16)13-26-27-22(28)15-30-19-9-5-8-18(25)12-19/h2-13H,14-15H2,1H3,(H,27,28)/b26-13+. The Labute approximate surface area is 193 Å². The van der Waals surface area contributed by atoms with Crippen LogP contribution >= 0.6 is 27.5 Å². The van der Waals surface area contributed by atoms with Gasteiger partial charge in [0.05, 0.1) is 17.8 Å². The number of benzene rings is 3. The van der Waals surface area contributed by atoms with Gasteiger partial charge in [-0.15, -0.1) is 0 Å². The molecule has 0 aliphatic rings. The van der Waals surface area contributed by atoms with Crippen LogP contribution in [0.1, 0.15) is 11.1 Å². The van der Waals surface area contributed by atoms with Gasteiger partial charge >= 0.3 is 0 Å². The van der Waals surface area contributed by atoms with Crippen molar-refractivity contribution in [3.05, 3.63) is 87.4 Å². The summed E-state index contributed by atoms with van der Waals surface area (Å²) in [4.78, 5) is 11.9. The molecule has 1 amide bonds. The minimum atomic E-state index is -0.398. The maximum atomic E-state index is 11.9. The number of nitrogens with one attached hydrogen (secondary N) is 1. The van der Waals surface area contributed by atoms with E-state index < -0.39 is 5.91 Å². The summed E-state index contributed by atoms with van der Waals surface area (Å²) in [6, 6.07) is 20.2. The van der Waals surface area contributed by atoms with E-state index in [0.29, 0.717) is 38.9 Å². The normalized spacial score (nSPS) is 10.7. The molecule has 6 nitrogen and oxygen atoms in total. The fourth-order valence-corrected chi connectivity index (χ4v) is 3.36. The molecular weight excluding hydrogens is 484 g/mol. The molecule has 0 saturated heterocycles. The maximum Gasteiger partial charge on any atom is 0.277 e. The Kier molecular flexibility index (Phi) is 8.32. The number of rotatable bonds is 9. The summed E-state index contributed by atoms with van der Waals surface area (Å²) in [6.45, 7) is 0.225. The van der Waals surface area contributed by atoms with Crippen molar-refractivity contribution < 1.29 is 19.0 Å². The van der Waals surface area contributed by atoms with Crippen molar-refractivity contribution >= 4 is 39.7 Å². The zero-order valence-electron chi connectivity index (χ0n) is 16.7. The van der Waals surface area contributed by atoms with E-state index in [1.807, 2.05) is 36.4 Å². The van der Waals surface area contributed by atoms with Crippen LogP contribution in [-0.2, 0) is 11.4 Å². The quantitative estimate of drug-likeness (QED) is 0.321. The van der Waals surface area contributed by atoms with Crippen molar-refractivity contribution in [3.8, 4) is 17.2 Å². The van der Waals surface area contributed by atoms with Crippen LogP contribution in [0.5, 0.6) is 17.2 Å². The highest BCUT2D eigenvalue weighted by molar-refractivity contribution is 9.10. The van der Waals surface area contributed by atoms with Crippen LogP contribution in [0, 0.1) is 0 Å². The lowest BCUT2D eigenvalue weighted by Gasteiger charge is -2.13. The Balaban J connectivity index is 1.57. The van der Waals surface area contributed by atoms with Crippen LogP contribution in [-0.4, -0.2) is 25.8 Å². The first-order chi connectivity index (χ1) is 15.0. The Morgan fingerprint density at radius 3 is 2.65 bits per heavy atom. The van der Waals surface area contributed by atoms with E-state index in [4.69, 9.17) is 25.8 Å². The average molecular weight is 504 g/mol. The van der Waals surface area contributed by atoms with Crippen molar-refractivity contribution in [2.75, 3.05) is 13.7 Å². The van der Waals surface area contributed by atoms with Gasteiger partial charge in [0.1, 0.15) is 12.4 Å². The van der Waals surface area contributed by atoms with Crippen LogP contribution in [0.25, 0.3) is 0 Å². The fourth-order valence-electron chi connectivity index (χ4n) is 2.60. The molecule has 3 aromatic rings. The van der Waals surface area contributed by atoms with E-state index in [9.17, 15) is 4.79 Å². The molecule has 0 aromatic heterocycles. The first-order valence-electron chi connectivity index (χ1n) is 9.29. The molecule has 0 fully saturated rings. The highest BCUT2D eigenvalue weighted by Gasteiger charge is 2.11. The molecule has 0 unspecified atom stereocenters. The molecule has 3 rings (SSSR count). The van der Waals surface area contributed by atoms with Gasteiger partial charge in [-0.2, -0.15) is 5.10 Å². The van der Waals surface area contributed by atoms with E-state index >= 15 is 0 Å². The molecule has 0 radical (unpaired) electrons. The molecule has 0 bridgehead atoms. The molecule has 0 spiro atoms. The molecule has 0 aliphatic heterocycles. The van der Waals surface area contributed by atoms with Crippen molar-refractivity contribution in [1.29, 1.82) is 0 Å². The molecule has 3 aromatic carbocycles. The van der Waals surface area contributed by atoms with Crippen LogP contribution < -0.4 is 19.6 Å². The minimum absolute atomic E-state index is 0.184. The second-order valence-corrected chi connectivity index (χ2v) is 7.64. The smallest absolute Gasteiger partial charge is 0.277 e. The second-order valence-electron chi connectivity index (χ2n) is 6.35. The first-order valence-corrected chi connectivity index (χ1v) is 10.5. The second kappa shape index (κ2) is 11.4. The highest BCUT2D eigenvalue weighted by Crippen LogP contribution is 2.36. The van der Waals surface area contributed by atoms with Gasteiger partial charge in [-0.3, -0.25) is 4.79 Å². The Morgan fingerprint density at radius 2 is 1.90 bits per heavy atom. The summed E-state index contributed by atoms with van der Waals surface area (Å²) >= 11 is 9.39. The minimum Gasteiger partial charge on any atom is -0.493 e. The summed E-state index contributed by atoms with van der Waals surface area (Å²) in [6.07, 6.45) is 1.51. The zero-order chi connectivity index (χ0) is 22.1. The topological polar surface area (TPSA) is 69.2 Å². The molecule has 160 valence electrons. The third-order valence-corrected chi connectivity index (χ3v) is 4.87. The molecule has 1 N–H and O–H groups in total. The predicted octanol–water partition coefficient (Wildman–Crippen LogP) is 5.22. The van der Waals surface area contributed by atoms with E-state index in [2.05, 4.69) is 26.5 Å². The predicted molar refractivity (Wildman–Crippen MR) is 124 cm³/mol. The number of carbonyl (C=O) groups is 1. The van der Waals surface area contributed by atoms with E-state index in [1.165, 1.54) is 6.21 Å². The third kappa shape index (κ3) is 7.01. The Hall–Kier alpha value is -3.03. The number of carbonyl (C=O) groups excluding carboxylic acids is 1. The van der Waals surface area contributed by atoms with Crippen LogP contribution in [0.2, 0.25) is 5.02 Å². The average Bonchev–Trinajstić information content (AvgIpc) is 2.77. The SMILES string of the molecule is COc1cc(/C=N/NC(=O)COc2cccc(Cl)c2)cc(Br)c1OCc1ccccc1. The number of halogens is 2. The molecule has 0 saturated carbocycles. The molecule has 0 atom stereocenters. The zero-order valence-corrected chi connectivity index (χ0v) is 19.0. The van der Waals surface area contributed by atoms with E-state index in [1.54, 1.807) is 37.4 Å². The van der Waals surface area contributed by atoms with Gasteiger partial charge in [0, 0.05) is 5.02 Å². The van der Waals surface area contributed by atoms with E-state index in [0.717, 1.165) is 5.56 Å². The molecule has 0 heterocycles. The lowest BCUT2D eigenvalue weighted by molar-refractivity contribution is -0.123. The van der Waals surface area contributed by atoms with Gasteiger partial charge in [0.25, 0.3) is 5.91 Å². The number of hydrogen-bond acceptors (Lipinski definition) is 5. The lowest BCUT2D eigenvalue weighted by Crippen LogP contribution is -2.24. The number of hydrazone groups is 1. The summed E-state index contributed by atoms with van der Waals surface area (Å²) in [5.74, 6) is 1.24. The molecular formula is C23H20BrClN2O4. The van der Waals surface area contributed by atoms with Crippen molar-refractivity contribution in [3.63, 3.8) is 0 Å². The van der Waals surface area contributed by atoms with Gasteiger partial charge < -0.3 is 14.2 Å². The molecule has 31 heavy (non-hydrogen) atoms. The largest absolute Gasteiger partial charge is 0.493 e. The van der Waals surface area contributed by atoms with Crippen LogP contribution in [0.4, 0.5) is 0 Å². The van der Waals surface area contributed by atoms with Gasteiger partial charge in [0.15, 0.2) is 18.1 Å². The van der Waals surface area contributed by atoms with Gasteiger partial charge in [-0.05, 0) is 57.4 Å². The van der Waals surface area contributed by atoms with Gasteiger partial charge in [-0.25, -0.2) is 5.43 Å². The van der Waals surface area contributed by atoms with Crippen molar-refractivity contribution in [2.24, 2.45) is 5.10 Å². The monoisotopic (exact) mass is 502 g/mol. The third-order valence-electron chi connectivity index (χ3n) is 4.05.